The molecule has 2 heterocycles. The van der Waals surface area contributed by atoms with Gasteiger partial charge in [-0.3, -0.25) is 0 Å². The van der Waals surface area contributed by atoms with Crippen molar-refractivity contribution < 1.29 is 19.0 Å². The quantitative estimate of drug-likeness (QED) is 0.894. The van der Waals surface area contributed by atoms with E-state index in [9.17, 15) is 4.79 Å². The molecule has 4 rings (SSSR count). The number of anilines is 1. The molecule has 1 saturated heterocycles. The Balaban J connectivity index is 0.000000170. The van der Waals surface area contributed by atoms with E-state index in [-0.39, 0.29) is 6.10 Å². The van der Waals surface area contributed by atoms with Crippen molar-refractivity contribution >= 4 is 11.8 Å². The van der Waals surface area contributed by atoms with Crippen LogP contribution >= 0.6 is 0 Å². The molecule has 2 aliphatic rings. The number of benzene rings is 2. The van der Waals surface area contributed by atoms with Crippen molar-refractivity contribution in [3.8, 4) is 11.5 Å². The second-order valence-electron chi connectivity index (χ2n) is 5.70. The summed E-state index contributed by atoms with van der Waals surface area (Å²) in [6.45, 7) is 1.91. The van der Waals surface area contributed by atoms with Crippen LogP contribution in [0.2, 0.25) is 0 Å². The van der Waals surface area contributed by atoms with Gasteiger partial charge in [0.25, 0.3) is 0 Å². The number of fused-ring (bicyclic) bond motifs is 1. The summed E-state index contributed by atoms with van der Waals surface area (Å²) in [7, 11) is 1.58. The summed E-state index contributed by atoms with van der Waals surface area (Å²) >= 11 is 0. The minimum Gasteiger partial charge on any atom is -0.493 e. The minimum absolute atomic E-state index is 0.239. The molecule has 2 N–H and O–H groups in total. The summed E-state index contributed by atoms with van der Waals surface area (Å²) in [6.07, 6.45) is 0.557. The van der Waals surface area contributed by atoms with Gasteiger partial charge in [-0.25, -0.2) is 4.79 Å². The molecule has 132 valence electrons. The maximum Gasteiger partial charge on any atom is 0.407 e. The fourth-order valence-electron chi connectivity index (χ4n) is 2.69. The van der Waals surface area contributed by atoms with E-state index in [0.717, 1.165) is 6.54 Å². The van der Waals surface area contributed by atoms with Crippen LogP contribution < -0.4 is 20.1 Å². The number of hydrogen-bond donors (Lipinski definition) is 2. The summed E-state index contributed by atoms with van der Waals surface area (Å²) in [5.74, 6) is 1.31. The lowest BCUT2D eigenvalue weighted by Gasteiger charge is -2.12. The lowest BCUT2D eigenvalue weighted by Crippen LogP contribution is -2.22. The first-order chi connectivity index (χ1) is 12.3. The molecule has 0 aliphatic carbocycles. The van der Waals surface area contributed by atoms with E-state index in [2.05, 4.69) is 34.9 Å². The number of para-hydroxylation sites is 3. The highest BCUT2D eigenvalue weighted by atomic mass is 16.6. The van der Waals surface area contributed by atoms with Gasteiger partial charge in [-0.05, 0) is 30.2 Å². The van der Waals surface area contributed by atoms with Gasteiger partial charge in [0.1, 0.15) is 6.61 Å². The Morgan fingerprint density at radius 3 is 2.56 bits per heavy atom. The number of cyclic esters (lactones) is 1. The highest BCUT2D eigenvalue weighted by molar-refractivity contribution is 5.69. The summed E-state index contributed by atoms with van der Waals surface area (Å²) in [5.41, 5.74) is 2.77. The zero-order valence-corrected chi connectivity index (χ0v) is 14.2. The Morgan fingerprint density at radius 2 is 1.84 bits per heavy atom. The SMILES string of the molecule is COc1ccccc1OCC1CNC(=O)O1.c1ccc2c(c1)CCN2. The molecule has 2 aromatic rings. The Kier molecular flexibility index (Phi) is 5.61. The Bertz CT molecular complexity index is 697. The molecule has 1 fully saturated rings. The molecule has 0 saturated carbocycles. The maximum atomic E-state index is 10.8. The number of carbonyl (C=O) groups excluding carboxylic acids is 1. The summed E-state index contributed by atoms with van der Waals surface area (Å²) < 4.78 is 15.6. The van der Waals surface area contributed by atoms with Gasteiger partial charge in [-0.1, -0.05) is 30.3 Å². The first-order valence-corrected chi connectivity index (χ1v) is 8.28. The molecular weight excluding hydrogens is 320 g/mol. The van der Waals surface area contributed by atoms with Gasteiger partial charge < -0.3 is 24.8 Å². The molecular formula is C19H22N2O4. The minimum atomic E-state index is -0.395. The lowest BCUT2D eigenvalue weighted by atomic mass is 10.2. The van der Waals surface area contributed by atoms with Crippen LogP contribution in [0.15, 0.2) is 48.5 Å². The number of rotatable bonds is 4. The summed E-state index contributed by atoms with van der Waals surface area (Å²) in [4.78, 5) is 10.8. The standard InChI is InChI=1S/C11H13NO4.C8H9N/c1-14-9-4-2-3-5-10(9)15-7-8-6-12-11(13)16-8;1-2-4-8-7(3-1)5-6-9-8/h2-5,8H,6-7H2,1H3,(H,12,13);1-4,9H,5-6H2. The number of hydrogen-bond acceptors (Lipinski definition) is 5. The van der Waals surface area contributed by atoms with Gasteiger partial charge in [0.05, 0.1) is 13.7 Å². The van der Waals surface area contributed by atoms with Gasteiger partial charge in [0.2, 0.25) is 0 Å². The van der Waals surface area contributed by atoms with E-state index in [1.54, 1.807) is 7.11 Å². The highest BCUT2D eigenvalue weighted by Crippen LogP contribution is 2.26. The molecule has 1 amide bonds. The first kappa shape index (κ1) is 17.0. The van der Waals surface area contributed by atoms with Crippen LogP contribution in [-0.4, -0.2) is 39.0 Å². The molecule has 0 bridgehead atoms. The van der Waals surface area contributed by atoms with Crippen molar-refractivity contribution in [2.24, 2.45) is 0 Å². The average Bonchev–Trinajstić information content (AvgIpc) is 3.29. The number of methoxy groups -OCH3 is 1. The number of amides is 1. The lowest BCUT2D eigenvalue weighted by molar-refractivity contribution is 0.103. The fraction of sp³-hybridized carbons (Fsp3) is 0.316. The molecule has 1 unspecified atom stereocenters. The molecule has 2 aromatic carbocycles. The van der Waals surface area contributed by atoms with Gasteiger partial charge in [-0.15, -0.1) is 0 Å². The topological polar surface area (TPSA) is 68.8 Å². The number of ether oxygens (including phenoxy) is 3. The van der Waals surface area contributed by atoms with Crippen LogP contribution in [0, 0.1) is 0 Å². The van der Waals surface area contributed by atoms with E-state index in [0.29, 0.717) is 24.7 Å². The molecule has 25 heavy (non-hydrogen) atoms. The second kappa shape index (κ2) is 8.28. The molecule has 2 aliphatic heterocycles. The smallest absolute Gasteiger partial charge is 0.407 e. The normalized spacial score (nSPS) is 17.3. The Labute approximate surface area is 147 Å². The van der Waals surface area contributed by atoms with Crippen LogP contribution in [0.25, 0.3) is 0 Å². The van der Waals surface area contributed by atoms with Crippen molar-refractivity contribution in [2.45, 2.75) is 12.5 Å². The van der Waals surface area contributed by atoms with E-state index in [1.807, 2.05) is 24.3 Å². The third-order valence-corrected chi connectivity index (χ3v) is 3.97. The molecule has 0 radical (unpaired) electrons. The second-order valence-corrected chi connectivity index (χ2v) is 5.70. The number of carbonyl (C=O) groups is 1. The monoisotopic (exact) mass is 342 g/mol. The van der Waals surface area contributed by atoms with Crippen LogP contribution in [-0.2, 0) is 11.2 Å². The van der Waals surface area contributed by atoms with Gasteiger partial charge in [-0.2, -0.15) is 0 Å². The zero-order chi connectivity index (χ0) is 17.5. The van der Waals surface area contributed by atoms with E-state index < -0.39 is 6.09 Å². The van der Waals surface area contributed by atoms with Crippen LogP contribution in [0.4, 0.5) is 10.5 Å². The predicted octanol–water partition coefficient (Wildman–Crippen LogP) is 2.84. The van der Waals surface area contributed by atoms with E-state index in [4.69, 9.17) is 14.2 Å². The molecule has 0 spiro atoms. The number of alkyl carbamates (subject to hydrolysis) is 1. The number of nitrogens with one attached hydrogen (secondary N) is 2. The van der Waals surface area contributed by atoms with Gasteiger partial charge in [0.15, 0.2) is 17.6 Å². The van der Waals surface area contributed by atoms with Gasteiger partial charge in [0, 0.05) is 12.2 Å². The summed E-state index contributed by atoms with van der Waals surface area (Å²) in [5, 5.41) is 5.86. The molecule has 1 atom stereocenters. The molecule has 6 heteroatoms. The fourth-order valence-corrected chi connectivity index (χ4v) is 2.69. The molecule has 0 aromatic heterocycles. The Morgan fingerprint density at radius 1 is 1.08 bits per heavy atom. The highest BCUT2D eigenvalue weighted by Gasteiger charge is 2.23. The van der Waals surface area contributed by atoms with Crippen molar-refractivity contribution in [3.63, 3.8) is 0 Å². The maximum absolute atomic E-state index is 10.8. The van der Waals surface area contributed by atoms with Crippen LogP contribution in [0.3, 0.4) is 0 Å². The Hall–Kier alpha value is -2.89. The van der Waals surface area contributed by atoms with Crippen molar-refractivity contribution in [2.75, 3.05) is 32.1 Å². The van der Waals surface area contributed by atoms with Crippen LogP contribution in [0.5, 0.6) is 11.5 Å². The van der Waals surface area contributed by atoms with E-state index in [1.165, 1.54) is 17.7 Å². The van der Waals surface area contributed by atoms with Gasteiger partial charge >= 0.3 is 6.09 Å². The zero-order valence-electron chi connectivity index (χ0n) is 14.2. The average molecular weight is 342 g/mol. The predicted molar refractivity (Wildman–Crippen MR) is 95.4 cm³/mol. The summed E-state index contributed by atoms with van der Waals surface area (Å²) in [6, 6.07) is 15.8. The van der Waals surface area contributed by atoms with E-state index >= 15 is 0 Å². The first-order valence-electron chi connectivity index (χ1n) is 8.28. The van der Waals surface area contributed by atoms with Crippen LogP contribution in [0.1, 0.15) is 5.56 Å². The third-order valence-electron chi connectivity index (χ3n) is 3.97. The van der Waals surface area contributed by atoms with Crippen molar-refractivity contribution in [3.05, 3.63) is 54.1 Å². The largest absolute Gasteiger partial charge is 0.493 e. The van der Waals surface area contributed by atoms with Crippen molar-refractivity contribution in [1.82, 2.24) is 5.32 Å². The third kappa shape index (κ3) is 4.56. The molecule has 6 nitrogen and oxygen atoms in total. The van der Waals surface area contributed by atoms with Crippen molar-refractivity contribution in [1.29, 1.82) is 0 Å².